The van der Waals surface area contributed by atoms with Crippen molar-refractivity contribution in [2.75, 3.05) is 11.9 Å². The Morgan fingerprint density at radius 2 is 1.64 bits per heavy atom. The van der Waals surface area contributed by atoms with Gasteiger partial charge in [0.2, 0.25) is 5.91 Å². The van der Waals surface area contributed by atoms with Crippen LogP contribution in [0.1, 0.15) is 10.4 Å². The molecule has 0 aliphatic heterocycles. The van der Waals surface area contributed by atoms with Gasteiger partial charge in [0.15, 0.2) is 0 Å². The summed E-state index contributed by atoms with van der Waals surface area (Å²) in [4.78, 5) is 23.7. The van der Waals surface area contributed by atoms with Gasteiger partial charge in [0.25, 0.3) is 5.91 Å². The lowest BCUT2D eigenvalue weighted by atomic mass is 10.2. The number of nitrogens with one attached hydrogen (secondary N) is 2. The molecule has 0 saturated carbocycles. The van der Waals surface area contributed by atoms with Gasteiger partial charge in [-0.3, -0.25) is 9.59 Å². The largest absolute Gasteiger partial charge is 0.343 e. The van der Waals surface area contributed by atoms with Gasteiger partial charge in [-0.25, -0.2) is 0 Å². The molecule has 2 amide bonds. The van der Waals surface area contributed by atoms with Crippen molar-refractivity contribution in [2.45, 2.75) is 0 Å². The van der Waals surface area contributed by atoms with Crippen LogP contribution in [0.4, 0.5) is 5.69 Å². The van der Waals surface area contributed by atoms with Crippen LogP contribution in [0.2, 0.25) is 15.1 Å². The van der Waals surface area contributed by atoms with Crippen molar-refractivity contribution in [3.05, 3.63) is 63.1 Å². The highest BCUT2D eigenvalue weighted by Crippen LogP contribution is 2.29. The Kier molecular flexibility index (Phi) is 5.66. The standard InChI is InChI=1S/C15H11Cl3N2O2/c16-10-6-4-9(5-7-10)15(22)19-8-13(21)20-12-3-1-2-11(17)14(12)18/h1-7H,8H2,(H,19,22)(H,20,21). The minimum Gasteiger partial charge on any atom is -0.343 e. The molecule has 0 radical (unpaired) electrons. The minimum absolute atomic E-state index is 0.190. The van der Waals surface area contributed by atoms with Crippen molar-refractivity contribution < 1.29 is 9.59 Å². The maximum absolute atomic E-state index is 11.9. The third kappa shape index (κ3) is 4.37. The molecule has 0 heterocycles. The van der Waals surface area contributed by atoms with E-state index in [2.05, 4.69) is 10.6 Å². The fraction of sp³-hybridized carbons (Fsp3) is 0.0667. The van der Waals surface area contributed by atoms with Crippen LogP contribution in [0.3, 0.4) is 0 Å². The first kappa shape index (κ1) is 16.6. The lowest BCUT2D eigenvalue weighted by molar-refractivity contribution is -0.115. The molecule has 0 unspecified atom stereocenters. The zero-order chi connectivity index (χ0) is 16.1. The SMILES string of the molecule is O=C(CNC(=O)c1ccc(Cl)cc1)Nc1cccc(Cl)c1Cl. The molecule has 0 saturated heterocycles. The van der Waals surface area contributed by atoms with Crippen LogP contribution in [0.25, 0.3) is 0 Å². The van der Waals surface area contributed by atoms with Gasteiger partial charge < -0.3 is 10.6 Å². The topological polar surface area (TPSA) is 58.2 Å². The molecule has 114 valence electrons. The Morgan fingerprint density at radius 3 is 2.32 bits per heavy atom. The number of hydrogen-bond acceptors (Lipinski definition) is 2. The van der Waals surface area contributed by atoms with Gasteiger partial charge in [-0.2, -0.15) is 0 Å². The summed E-state index contributed by atoms with van der Waals surface area (Å²) in [7, 11) is 0. The second-order valence-corrected chi connectivity index (χ2v) is 5.56. The van der Waals surface area contributed by atoms with E-state index in [0.29, 0.717) is 21.3 Å². The number of hydrogen-bond donors (Lipinski definition) is 2. The van der Waals surface area contributed by atoms with E-state index < -0.39 is 5.91 Å². The van der Waals surface area contributed by atoms with Crippen molar-refractivity contribution in [3.8, 4) is 0 Å². The van der Waals surface area contributed by atoms with E-state index in [1.165, 1.54) is 0 Å². The predicted octanol–water partition coefficient (Wildman–Crippen LogP) is 4.02. The van der Waals surface area contributed by atoms with E-state index in [1.54, 1.807) is 42.5 Å². The Morgan fingerprint density at radius 1 is 0.955 bits per heavy atom. The van der Waals surface area contributed by atoms with Crippen molar-refractivity contribution in [1.82, 2.24) is 5.32 Å². The zero-order valence-corrected chi connectivity index (χ0v) is 13.5. The van der Waals surface area contributed by atoms with Crippen molar-refractivity contribution in [2.24, 2.45) is 0 Å². The third-order valence-corrected chi connectivity index (χ3v) is 3.81. The van der Waals surface area contributed by atoms with Crippen LogP contribution < -0.4 is 10.6 Å². The van der Waals surface area contributed by atoms with Crippen molar-refractivity contribution in [1.29, 1.82) is 0 Å². The van der Waals surface area contributed by atoms with E-state index in [9.17, 15) is 9.59 Å². The maximum Gasteiger partial charge on any atom is 0.251 e. The second-order valence-electron chi connectivity index (χ2n) is 4.34. The molecule has 0 fully saturated rings. The molecule has 0 aromatic heterocycles. The van der Waals surface area contributed by atoms with Crippen LogP contribution in [0.5, 0.6) is 0 Å². The average Bonchev–Trinajstić information content (AvgIpc) is 2.50. The highest BCUT2D eigenvalue weighted by atomic mass is 35.5. The smallest absolute Gasteiger partial charge is 0.251 e. The fourth-order valence-electron chi connectivity index (χ4n) is 1.66. The minimum atomic E-state index is -0.411. The summed E-state index contributed by atoms with van der Waals surface area (Å²) in [5, 5.41) is 6.20. The van der Waals surface area contributed by atoms with E-state index in [4.69, 9.17) is 34.8 Å². The Bertz CT molecular complexity index is 702. The Hall–Kier alpha value is -1.75. The highest BCUT2D eigenvalue weighted by Gasteiger charge is 2.10. The van der Waals surface area contributed by atoms with E-state index in [0.717, 1.165) is 0 Å². The summed E-state index contributed by atoms with van der Waals surface area (Å²) in [5.41, 5.74) is 0.804. The van der Waals surface area contributed by atoms with Gasteiger partial charge in [-0.05, 0) is 36.4 Å². The fourth-order valence-corrected chi connectivity index (χ4v) is 2.13. The first-order valence-electron chi connectivity index (χ1n) is 6.25. The Balaban J connectivity index is 1.91. The summed E-state index contributed by atoms with van der Waals surface area (Å²) in [5.74, 6) is -0.782. The quantitative estimate of drug-likeness (QED) is 0.868. The first-order chi connectivity index (χ1) is 10.5. The molecule has 2 N–H and O–H groups in total. The summed E-state index contributed by atoms with van der Waals surface area (Å²) in [6.07, 6.45) is 0. The lowest BCUT2D eigenvalue weighted by Crippen LogP contribution is -2.32. The van der Waals surface area contributed by atoms with Gasteiger partial charge >= 0.3 is 0 Å². The number of amides is 2. The molecule has 0 aliphatic carbocycles. The van der Waals surface area contributed by atoms with Crippen LogP contribution in [0.15, 0.2) is 42.5 Å². The van der Waals surface area contributed by atoms with Crippen LogP contribution in [-0.4, -0.2) is 18.4 Å². The molecule has 0 atom stereocenters. The monoisotopic (exact) mass is 356 g/mol. The van der Waals surface area contributed by atoms with E-state index in [1.807, 2.05) is 0 Å². The molecule has 0 aliphatic rings. The maximum atomic E-state index is 11.9. The van der Waals surface area contributed by atoms with Crippen LogP contribution >= 0.6 is 34.8 Å². The summed E-state index contributed by atoms with van der Waals surface area (Å²) >= 11 is 17.6. The second kappa shape index (κ2) is 7.49. The van der Waals surface area contributed by atoms with Gasteiger partial charge in [0, 0.05) is 10.6 Å². The normalized spacial score (nSPS) is 10.1. The molecule has 2 aromatic rings. The number of benzene rings is 2. The number of carbonyl (C=O) groups excluding carboxylic acids is 2. The van der Waals surface area contributed by atoms with Gasteiger partial charge in [0.1, 0.15) is 0 Å². The highest BCUT2D eigenvalue weighted by molar-refractivity contribution is 6.44. The number of anilines is 1. The van der Waals surface area contributed by atoms with Gasteiger partial charge in [-0.1, -0.05) is 40.9 Å². The first-order valence-corrected chi connectivity index (χ1v) is 7.38. The molecule has 4 nitrogen and oxygen atoms in total. The number of rotatable bonds is 4. The lowest BCUT2D eigenvalue weighted by Gasteiger charge is -2.09. The molecular weight excluding hydrogens is 347 g/mol. The van der Waals surface area contributed by atoms with Crippen LogP contribution in [-0.2, 0) is 4.79 Å². The zero-order valence-electron chi connectivity index (χ0n) is 11.2. The summed E-state index contributed by atoms with van der Waals surface area (Å²) in [6, 6.07) is 11.2. The third-order valence-electron chi connectivity index (χ3n) is 2.74. The Labute approximate surface area is 142 Å². The van der Waals surface area contributed by atoms with E-state index in [-0.39, 0.29) is 17.5 Å². The van der Waals surface area contributed by atoms with E-state index >= 15 is 0 Å². The van der Waals surface area contributed by atoms with Crippen LogP contribution in [0, 0.1) is 0 Å². The predicted molar refractivity (Wildman–Crippen MR) is 88.9 cm³/mol. The molecule has 7 heteroatoms. The summed E-state index contributed by atoms with van der Waals surface area (Å²) in [6.45, 7) is -0.190. The average molecular weight is 358 g/mol. The van der Waals surface area contributed by atoms with Crippen molar-refractivity contribution in [3.63, 3.8) is 0 Å². The molecule has 22 heavy (non-hydrogen) atoms. The number of carbonyl (C=O) groups is 2. The molecule has 0 spiro atoms. The number of halogens is 3. The molecule has 2 rings (SSSR count). The molecular formula is C15H11Cl3N2O2. The van der Waals surface area contributed by atoms with Gasteiger partial charge in [-0.15, -0.1) is 0 Å². The molecule has 2 aromatic carbocycles. The van der Waals surface area contributed by atoms with Gasteiger partial charge in [0.05, 0.1) is 22.3 Å². The van der Waals surface area contributed by atoms with Crippen molar-refractivity contribution >= 4 is 52.3 Å². The summed E-state index contributed by atoms with van der Waals surface area (Å²) < 4.78 is 0. The molecule has 0 bridgehead atoms.